The van der Waals surface area contributed by atoms with Crippen LogP contribution < -0.4 is 0 Å². The van der Waals surface area contributed by atoms with Crippen LogP contribution in [0.25, 0.3) is 0 Å². The Hall–Kier alpha value is -1.36. The van der Waals surface area contributed by atoms with E-state index in [1.807, 2.05) is 32.9 Å². The minimum Gasteiger partial charge on any atom is -0.444 e. The molecule has 1 amide bonds. The molecule has 0 aliphatic carbocycles. The summed E-state index contributed by atoms with van der Waals surface area (Å²) in [7, 11) is 0. The fraction of sp³-hybridized carbons (Fsp3) is 0.625. The predicted molar refractivity (Wildman–Crippen MR) is 85.9 cm³/mol. The van der Waals surface area contributed by atoms with E-state index in [1.54, 1.807) is 11.8 Å². The summed E-state index contributed by atoms with van der Waals surface area (Å²) in [4.78, 5) is 27.0. The zero-order valence-electron chi connectivity index (χ0n) is 13.6. The molecule has 0 atom stereocenters. The molecule has 0 aliphatic heterocycles. The largest absolute Gasteiger partial charge is 0.444 e. The fourth-order valence-corrected chi connectivity index (χ4v) is 2.67. The molecule has 0 aromatic carbocycles. The molecule has 21 heavy (non-hydrogen) atoms. The number of unbranched alkanes of at least 4 members (excludes halogenated alkanes) is 1. The van der Waals surface area contributed by atoms with E-state index in [1.165, 1.54) is 11.3 Å². The first kappa shape index (κ1) is 17.7. The molecule has 4 nitrogen and oxygen atoms in total. The molecular weight excluding hydrogens is 286 g/mol. The predicted octanol–water partition coefficient (Wildman–Crippen LogP) is 4.49. The minimum absolute atomic E-state index is 0.0589. The number of rotatable bonds is 6. The van der Waals surface area contributed by atoms with Gasteiger partial charge in [0.25, 0.3) is 0 Å². The van der Waals surface area contributed by atoms with Crippen LogP contribution in [-0.2, 0) is 11.3 Å². The lowest BCUT2D eigenvalue weighted by Gasteiger charge is -2.27. The number of carbonyl (C=O) groups is 2. The summed E-state index contributed by atoms with van der Waals surface area (Å²) in [5.74, 6) is 0.0589. The van der Waals surface area contributed by atoms with Gasteiger partial charge in [0.05, 0.1) is 11.4 Å². The molecule has 5 heteroatoms. The lowest BCUT2D eigenvalue weighted by atomic mass is 10.2. The Kier molecular flexibility index (Phi) is 6.40. The minimum atomic E-state index is -0.498. The second-order valence-corrected chi connectivity index (χ2v) is 7.25. The first-order valence-electron chi connectivity index (χ1n) is 7.30. The number of thiophene rings is 1. The highest BCUT2D eigenvalue weighted by Gasteiger charge is 2.22. The molecule has 0 unspecified atom stereocenters. The molecule has 1 heterocycles. The molecule has 0 fully saturated rings. The van der Waals surface area contributed by atoms with Gasteiger partial charge in [-0.2, -0.15) is 0 Å². The molecule has 1 aromatic heterocycles. The molecule has 0 saturated heterocycles. The molecule has 0 N–H and O–H groups in total. The number of hydrogen-bond acceptors (Lipinski definition) is 4. The molecule has 0 aliphatic rings. The van der Waals surface area contributed by atoms with E-state index >= 15 is 0 Å². The highest BCUT2D eigenvalue weighted by atomic mass is 32.1. The van der Waals surface area contributed by atoms with Crippen molar-refractivity contribution >= 4 is 23.2 Å². The van der Waals surface area contributed by atoms with Crippen LogP contribution in [0.5, 0.6) is 0 Å². The van der Waals surface area contributed by atoms with Crippen molar-refractivity contribution in [2.24, 2.45) is 0 Å². The van der Waals surface area contributed by atoms with E-state index in [2.05, 4.69) is 6.92 Å². The van der Waals surface area contributed by atoms with Gasteiger partial charge >= 0.3 is 6.09 Å². The smallest absolute Gasteiger partial charge is 0.410 e. The summed E-state index contributed by atoms with van der Waals surface area (Å²) in [5, 5.41) is 0. The molecule has 1 aromatic rings. The number of Topliss-reactive ketones (excluding diaryl/α,β-unsaturated/α-hetero) is 1. The van der Waals surface area contributed by atoms with Crippen molar-refractivity contribution < 1.29 is 14.3 Å². The topological polar surface area (TPSA) is 46.6 Å². The zero-order chi connectivity index (χ0) is 16.0. The fourth-order valence-electron chi connectivity index (χ4n) is 1.75. The number of nitrogens with zero attached hydrogens (tertiary/aromatic N) is 1. The van der Waals surface area contributed by atoms with Crippen molar-refractivity contribution in [2.45, 2.75) is 59.6 Å². The van der Waals surface area contributed by atoms with E-state index in [4.69, 9.17) is 4.74 Å². The van der Waals surface area contributed by atoms with Gasteiger partial charge in [0.2, 0.25) is 0 Å². The van der Waals surface area contributed by atoms with Crippen LogP contribution in [0.3, 0.4) is 0 Å². The Morgan fingerprint density at radius 3 is 2.43 bits per heavy atom. The number of amides is 1. The number of hydrogen-bond donors (Lipinski definition) is 0. The monoisotopic (exact) mass is 311 g/mol. The molecule has 0 radical (unpaired) electrons. The highest BCUT2D eigenvalue weighted by Crippen LogP contribution is 2.20. The third-order valence-corrected chi connectivity index (χ3v) is 3.96. The first-order chi connectivity index (χ1) is 9.73. The van der Waals surface area contributed by atoms with Crippen molar-refractivity contribution in [1.29, 1.82) is 0 Å². The van der Waals surface area contributed by atoms with Gasteiger partial charge in [-0.25, -0.2) is 4.79 Å². The summed E-state index contributed by atoms with van der Waals surface area (Å²) < 4.78 is 5.45. The van der Waals surface area contributed by atoms with Crippen LogP contribution in [-0.4, -0.2) is 28.9 Å². The van der Waals surface area contributed by atoms with Crippen molar-refractivity contribution in [3.8, 4) is 0 Å². The summed E-state index contributed by atoms with van der Waals surface area (Å²) in [6.07, 6.45) is 1.65. The Labute approximate surface area is 131 Å². The lowest BCUT2D eigenvalue weighted by molar-refractivity contribution is 0.0233. The SMILES string of the molecule is CCCCN(Cc1ccc(C(C)=O)s1)C(=O)OC(C)(C)C. The van der Waals surface area contributed by atoms with Gasteiger partial charge in [0, 0.05) is 11.4 Å². The standard InChI is InChI=1S/C16H25NO3S/c1-6-7-10-17(15(19)20-16(3,4)5)11-13-8-9-14(21-13)12(2)18/h8-9H,6-7,10-11H2,1-5H3. The molecule has 118 valence electrons. The Balaban J connectivity index is 2.76. The maximum absolute atomic E-state index is 12.3. The maximum atomic E-state index is 12.3. The van der Waals surface area contributed by atoms with Crippen molar-refractivity contribution in [1.82, 2.24) is 4.90 Å². The Morgan fingerprint density at radius 1 is 1.29 bits per heavy atom. The Bertz CT molecular complexity index is 488. The summed E-state index contributed by atoms with van der Waals surface area (Å²) in [5.41, 5.74) is -0.498. The van der Waals surface area contributed by atoms with Gasteiger partial charge in [-0.15, -0.1) is 11.3 Å². The lowest BCUT2D eigenvalue weighted by Crippen LogP contribution is -2.36. The van der Waals surface area contributed by atoms with Crippen molar-refractivity contribution in [3.63, 3.8) is 0 Å². The maximum Gasteiger partial charge on any atom is 0.410 e. The van der Waals surface area contributed by atoms with Crippen LogP contribution in [0, 0.1) is 0 Å². The average molecular weight is 311 g/mol. The summed E-state index contributed by atoms with van der Waals surface area (Å²) in [6.45, 7) is 10.4. The van der Waals surface area contributed by atoms with Crippen molar-refractivity contribution in [2.75, 3.05) is 6.54 Å². The Morgan fingerprint density at radius 2 is 1.95 bits per heavy atom. The van der Waals surface area contributed by atoms with Crippen LogP contribution in [0.2, 0.25) is 0 Å². The van der Waals surface area contributed by atoms with Crippen LogP contribution in [0.4, 0.5) is 4.79 Å². The van der Waals surface area contributed by atoms with Crippen molar-refractivity contribution in [3.05, 3.63) is 21.9 Å². The molecular formula is C16H25NO3S. The summed E-state index contributed by atoms with van der Waals surface area (Å²) in [6, 6.07) is 3.72. The molecule has 0 bridgehead atoms. The van der Waals surface area contributed by atoms with Gasteiger partial charge in [0.1, 0.15) is 5.60 Å². The number of ether oxygens (including phenoxy) is 1. The van der Waals surface area contributed by atoms with E-state index < -0.39 is 5.60 Å². The number of carbonyl (C=O) groups excluding carboxylic acids is 2. The highest BCUT2D eigenvalue weighted by molar-refractivity contribution is 7.14. The number of ketones is 1. The summed E-state index contributed by atoms with van der Waals surface area (Å²) >= 11 is 1.44. The molecule has 0 saturated carbocycles. The van der Waals surface area contributed by atoms with Crippen LogP contribution >= 0.6 is 11.3 Å². The second-order valence-electron chi connectivity index (χ2n) is 6.08. The van der Waals surface area contributed by atoms with Gasteiger partial charge < -0.3 is 9.64 Å². The van der Waals surface area contributed by atoms with Gasteiger partial charge in [-0.1, -0.05) is 13.3 Å². The van der Waals surface area contributed by atoms with Gasteiger partial charge in [-0.05, 0) is 46.2 Å². The third kappa shape index (κ3) is 6.29. The quantitative estimate of drug-likeness (QED) is 0.727. The third-order valence-electron chi connectivity index (χ3n) is 2.79. The van der Waals surface area contributed by atoms with Crippen LogP contribution in [0.1, 0.15) is 62.0 Å². The van der Waals surface area contributed by atoms with Gasteiger partial charge in [-0.3, -0.25) is 4.79 Å². The second kappa shape index (κ2) is 7.59. The normalized spacial score (nSPS) is 11.3. The van der Waals surface area contributed by atoms with E-state index in [-0.39, 0.29) is 11.9 Å². The first-order valence-corrected chi connectivity index (χ1v) is 8.12. The average Bonchev–Trinajstić information content (AvgIpc) is 2.80. The molecule has 1 rings (SSSR count). The van der Waals surface area contributed by atoms with Gasteiger partial charge in [0.15, 0.2) is 5.78 Å². The van der Waals surface area contributed by atoms with E-state index in [9.17, 15) is 9.59 Å². The zero-order valence-corrected chi connectivity index (χ0v) is 14.4. The molecule has 0 spiro atoms. The van der Waals surface area contributed by atoms with Crippen LogP contribution in [0.15, 0.2) is 12.1 Å². The van der Waals surface area contributed by atoms with E-state index in [0.29, 0.717) is 13.1 Å². The van der Waals surface area contributed by atoms with E-state index in [0.717, 1.165) is 22.6 Å².